The molecule has 0 aliphatic carbocycles. The van der Waals surface area contributed by atoms with Gasteiger partial charge < -0.3 is 24.5 Å². The molecule has 2 atom stereocenters. The zero-order chi connectivity index (χ0) is 23.2. The summed E-state index contributed by atoms with van der Waals surface area (Å²) in [5, 5.41) is 6.31. The lowest BCUT2D eigenvalue weighted by molar-refractivity contribution is -0.135. The molecule has 0 saturated carbocycles. The van der Waals surface area contributed by atoms with Crippen molar-refractivity contribution in [1.29, 1.82) is 0 Å². The van der Waals surface area contributed by atoms with Gasteiger partial charge in [0.25, 0.3) is 5.91 Å². The number of carbonyl (C=O) groups is 3. The highest BCUT2D eigenvalue weighted by molar-refractivity contribution is 6.09. The molecular weight excluding hydrogens is 426 g/mol. The Morgan fingerprint density at radius 3 is 2.67 bits per heavy atom. The fourth-order valence-corrected chi connectivity index (χ4v) is 4.08. The fourth-order valence-electron chi connectivity index (χ4n) is 4.08. The lowest BCUT2D eigenvalue weighted by Gasteiger charge is -2.22. The van der Waals surface area contributed by atoms with E-state index >= 15 is 0 Å². The summed E-state index contributed by atoms with van der Waals surface area (Å²) in [6.45, 7) is 3.94. The molecule has 5 rings (SSSR count). The molecule has 9 heteroatoms. The number of furan rings is 1. The molecule has 2 aliphatic rings. The van der Waals surface area contributed by atoms with Crippen LogP contribution in [0.4, 0.5) is 4.79 Å². The summed E-state index contributed by atoms with van der Waals surface area (Å²) in [6, 6.07) is 13.5. The van der Waals surface area contributed by atoms with Crippen LogP contribution in [0.25, 0.3) is 11.0 Å². The molecule has 9 nitrogen and oxygen atoms in total. The molecule has 170 valence electrons. The van der Waals surface area contributed by atoms with Gasteiger partial charge in [-0.3, -0.25) is 14.5 Å². The van der Waals surface area contributed by atoms with Crippen molar-refractivity contribution < 1.29 is 28.3 Å². The van der Waals surface area contributed by atoms with Gasteiger partial charge in [0.2, 0.25) is 5.91 Å². The third-order valence-corrected chi connectivity index (χ3v) is 5.94. The summed E-state index contributed by atoms with van der Waals surface area (Å²) in [5.41, 5.74) is 0.0369. The molecule has 0 spiro atoms. The van der Waals surface area contributed by atoms with E-state index in [1.54, 1.807) is 25.1 Å². The first kappa shape index (κ1) is 20.9. The standard InChI is InChI=1S/C24H23N3O6/c1-14(15-7-8-18-19(11-15)32-10-9-31-18)25-21(28)13-27-22(29)24(2,26-23(27)30)20-12-16-5-3-4-6-17(16)33-20/h3-8,11-12,14H,9-10,13H2,1-2H3,(H,25,28)(H,26,30)/t14-,24-/m0/s1. The lowest BCUT2D eigenvalue weighted by Crippen LogP contribution is -2.43. The summed E-state index contributed by atoms with van der Waals surface area (Å²) < 4.78 is 16.9. The number of para-hydroxylation sites is 1. The minimum absolute atomic E-state index is 0.314. The quantitative estimate of drug-likeness (QED) is 0.580. The van der Waals surface area contributed by atoms with Crippen molar-refractivity contribution >= 4 is 28.8 Å². The van der Waals surface area contributed by atoms with Crippen molar-refractivity contribution in [2.24, 2.45) is 0 Å². The molecule has 33 heavy (non-hydrogen) atoms. The molecule has 1 saturated heterocycles. The van der Waals surface area contributed by atoms with Crippen LogP contribution in [0.15, 0.2) is 52.9 Å². The first-order valence-electron chi connectivity index (χ1n) is 10.7. The highest BCUT2D eigenvalue weighted by atomic mass is 16.6. The van der Waals surface area contributed by atoms with Crippen molar-refractivity contribution in [1.82, 2.24) is 15.5 Å². The third kappa shape index (κ3) is 3.65. The maximum absolute atomic E-state index is 13.1. The van der Waals surface area contributed by atoms with Crippen LogP contribution in [0.2, 0.25) is 0 Å². The first-order valence-corrected chi connectivity index (χ1v) is 10.7. The van der Waals surface area contributed by atoms with Crippen LogP contribution >= 0.6 is 0 Å². The van der Waals surface area contributed by atoms with Gasteiger partial charge in [-0.25, -0.2) is 4.79 Å². The topological polar surface area (TPSA) is 110 Å². The Kier molecular flexibility index (Phi) is 4.96. The highest BCUT2D eigenvalue weighted by Gasteiger charge is 2.51. The number of nitrogens with one attached hydrogen (secondary N) is 2. The Morgan fingerprint density at radius 2 is 1.88 bits per heavy atom. The van der Waals surface area contributed by atoms with E-state index in [9.17, 15) is 14.4 Å². The summed E-state index contributed by atoms with van der Waals surface area (Å²) in [7, 11) is 0. The van der Waals surface area contributed by atoms with E-state index in [0.29, 0.717) is 36.1 Å². The molecule has 1 aromatic heterocycles. The van der Waals surface area contributed by atoms with Crippen molar-refractivity contribution in [3.8, 4) is 11.5 Å². The zero-order valence-electron chi connectivity index (χ0n) is 18.2. The summed E-state index contributed by atoms with van der Waals surface area (Å²) in [5.74, 6) is 0.585. The predicted octanol–water partition coefficient (Wildman–Crippen LogP) is 2.85. The Hall–Kier alpha value is -4.01. The number of ether oxygens (including phenoxy) is 2. The van der Waals surface area contributed by atoms with E-state index in [0.717, 1.165) is 15.8 Å². The Bertz CT molecular complexity index is 1240. The van der Waals surface area contributed by atoms with Crippen molar-refractivity contribution in [2.75, 3.05) is 19.8 Å². The first-order chi connectivity index (χ1) is 15.8. The second kappa shape index (κ2) is 7.84. The molecule has 2 aliphatic heterocycles. The third-order valence-electron chi connectivity index (χ3n) is 5.94. The number of fused-ring (bicyclic) bond motifs is 2. The molecule has 1 fully saturated rings. The molecule has 2 N–H and O–H groups in total. The van der Waals surface area contributed by atoms with E-state index in [1.807, 2.05) is 37.3 Å². The van der Waals surface area contributed by atoms with Crippen molar-refractivity contribution in [3.63, 3.8) is 0 Å². The van der Waals surface area contributed by atoms with E-state index in [2.05, 4.69) is 10.6 Å². The van der Waals surface area contributed by atoms with Gasteiger partial charge in [0.15, 0.2) is 17.0 Å². The lowest BCUT2D eigenvalue weighted by atomic mass is 9.99. The van der Waals surface area contributed by atoms with Gasteiger partial charge in [-0.05, 0) is 43.7 Å². The minimum Gasteiger partial charge on any atom is -0.486 e. The van der Waals surface area contributed by atoms with Crippen LogP contribution < -0.4 is 20.1 Å². The predicted molar refractivity (Wildman–Crippen MR) is 118 cm³/mol. The smallest absolute Gasteiger partial charge is 0.325 e. The Balaban J connectivity index is 1.28. The van der Waals surface area contributed by atoms with Crippen molar-refractivity contribution in [2.45, 2.75) is 25.4 Å². The van der Waals surface area contributed by atoms with Crippen LogP contribution in [-0.2, 0) is 15.1 Å². The van der Waals surface area contributed by atoms with Gasteiger partial charge in [-0.2, -0.15) is 0 Å². The normalized spacial score (nSPS) is 20.6. The van der Waals surface area contributed by atoms with E-state index < -0.39 is 29.9 Å². The van der Waals surface area contributed by atoms with Gasteiger partial charge in [-0.15, -0.1) is 0 Å². The maximum Gasteiger partial charge on any atom is 0.325 e. The number of hydrogen-bond acceptors (Lipinski definition) is 6. The molecule has 0 bridgehead atoms. The number of nitrogens with zero attached hydrogens (tertiary/aromatic N) is 1. The molecule has 3 heterocycles. The molecule has 4 amide bonds. The van der Waals surface area contributed by atoms with Crippen molar-refractivity contribution in [3.05, 3.63) is 59.9 Å². The number of urea groups is 1. The number of imide groups is 1. The zero-order valence-corrected chi connectivity index (χ0v) is 18.2. The molecule has 0 radical (unpaired) electrons. The van der Waals surface area contributed by atoms with Crippen LogP contribution in [0.3, 0.4) is 0 Å². The second-order valence-corrected chi connectivity index (χ2v) is 8.29. The molecule has 3 aromatic rings. The van der Waals surface area contributed by atoms with Gasteiger partial charge in [-0.1, -0.05) is 24.3 Å². The summed E-state index contributed by atoms with van der Waals surface area (Å²) in [4.78, 5) is 39.3. The summed E-state index contributed by atoms with van der Waals surface area (Å²) in [6.07, 6.45) is 0. The molecule has 2 aromatic carbocycles. The van der Waals surface area contributed by atoms with Gasteiger partial charge in [0.1, 0.15) is 31.1 Å². The second-order valence-electron chi connectivity index (χ2n) is 8.29. The van der Waals surface area contributed by atoms with E-state index in [-0.39, 0.29) is 6.04 Å². The number of carbonyl (C=O) groups excluding carboxylic acids is 3. The number of rotatable bonds is 5. The molecule has 0 unspecified atom stereocenters. The van der Waals surface area contributed by atoms with Gasteiger partial charge >= 0.3 is 6.03 Å². The molecular formula is C24H23N3O6. The largest absolute Gasteiger partial charge is 0.486 e. The van der Waals surface area contributed by atoms with E-state index in [1.165, 1.54) is 0 Å². The number of amides is 4. The number of hydrogen-bond donors (Lipinski definition) is 2. The Morgan fingerprint density at radius 1 is 1.12 bits per heavy atom. The highest BCUT2D eigenvalue weighted by Crippen LogP contribution is 2.34. The monoisotopic (exact) mass is 449 g/mol. The van der Waals surface area contributed by atoms with Crippen LogP contribution in [-0.4, -0.2) is 42.5 Å². The van der Waals surface area contributed by atoms with Gasteiger partial charge in [0, 0.05) is 5.39 Å². The summed E-state index contributed by atoms with van der Waals surface area (Å²) >= 11 is 0. The van der Waals surface area contributed by atoms with Gasteiger partial charge in [0.05, 0.1) is 6.04 Å². The van der Waals surface area contributed by atoms with Crippen LogP contribution in [0.1, 0.15) is 31.2 Å². The van der Waals surface area contributed by atoms with Crippen LogP contribution in [0, 0.1) is 0 Å². The van der Waals surface area contributed by atoms with Crippen LogP contribution in [0.5, 0.6) is 11.5 Å². The minimum atomic E-state index is -1.39. The average molecular weight is 449 g/mol. The SMILES string of the molecule is C[C@H](NC(=O)CN1C(=O)N[C@@](C)(c2cc3ccccc3o2)C1=O)c1ccc2c(c1)OCCO2. The Labute approximate surface area is 189 Å². The average Bonchev–Trinajstić information content (AvgIpc) is 3.34. The van der Waals surface area contributed by atoms with E-state index in [4.69, 9.17) is 13.9 Å². The fraction of sp³-hybridized carbons (Fsp3) is 0.292. The number of benzene rings is 2. The maximum atomic E-state index is 13.1.